The number of para-hydroxylation sites is 1. The quantitative estimate of drug-likeness (QED) is 0.437. The second-order valence-corrected chi connectivity index (χ2v) is 7.13. The maximum Gasteiger partial charge on any atom is 0.283 e. The maximum absolute atomic E-state index is 12.3. The summed E-state index contributed by atoms with van der Waals surface area (Å²) >= 11 is 5.78. The highest BCUT2D eigenvalue weighted by Crippen LogP contribution is 2.23. The minimum atomic E-state index is -0.590. The molecule has 8 heteroatoms. The van der Waals surface area contributed by atoms with Crippen LogP contribution in [0.25, 0.3) is 0 Å². The van der Waals surface area contributed by atoms with E-state index < -0.39 is 10.8 Å². The Balaban J connectivity index is 1.41. The van der Waals surface area contributed by atoms with E-state index >= 15 is 0 Å². The summed E-state index contributed by atoms with van der Waals surface area (Å²) in [6.07, 6.45) is 0.790. The lowest BCUT2D eigenvalue weighted by Gasteiger charge is -2.36. The van der Waals surface area contributed by atoms with Crippen LogP contribution in [-0.2, 0) is 0 Å². The standard InChI is InChI=1S/C20H23ClN4O3/c21-16-7-8-18(19(15-16)25(27)28)20(26)22-9-4-10-23-11-13-24(14-12-23)17-5-2-1-3-6-17/h1-3,5-8,15H,4,9-14H2,(H,22,26). The van der Waals surface area contributed by atoms with Crippen LogP contribution in [0.1, 0.15) is 16.8 Å². The van der Waals surface area contributed by atoms with Crippen molar-refractivity contribution in [1.82, 2.24) is 10.2 Å². The van der Waals surface area contributed by atoms with Crippen molar-refractivity contribution in [1.29, 1.82) is 0 Å². The number of nitrogens with zero attached hydrogens (tertiary/aromatic N) is 3. The Labute approximate surface area is 169 Å². The van der Waals surface area contributed by atoms with Crippen molar-refractivity contribution in [2.45, 2.75) is 6.42 Å². The molecule has 0 aliphatic carbocycles. The molecule has 1 saturated heterocycles. The van der Waals surface area contributed by atoms with Crippen molar-refractivity contribution in [2.75, 3.05) is 44.2 Å². The summed E-state index contributed by atoms with van der Waals surface area (Å²) in [6, 6.07) is 14.4. The molecule has 2 aromatic rings. The van der Waals surface area contributed by atoms with Crippen LogP contribution in [-0.4, -0.2) is 55.0 Å². The molecule has 0 aromatic heterocycles. The van der Waals surface area contributed by atoms with Crippen molar-refractivity contribution >= 4 is 28.9 Å². The average Bonchev–Trinajstić information content (AvgIpc) is 2.72. The number of hydrogen-bond acceptors (Lipinski definition) is 5. The molecule has 1 N–H and O–H groups in total. The predicted molar refractivity (Wildman–Crippen MR) is 110 cm³/mol. The van der Waals surface area contributed by atoms with Crippen LogP contribution in [0.5, 0.6) is 0 Å². The Bertz CT molecular complexity index is 823. The van der Waals surface area contributed by atoms with Gasteiger partial charge in [-0.3, -0.25) is 19.8 Å². The van der Waals surface area contributed by atoms with Gasteiger partial charge in [-0.25, -0.2) is 0 Å². The first-order valence-electron chi connectivity index (χ1n) is 9.29. The molecular formula is C20H23ClN4O3. The molecule has 0 unspecified atom stereocenters. The molecule has 1 amide bonds. The summed E-state index contributed by atoms with van der Waals surface area (Å²) in [5.74, 6) is -0.447. The first-order valence-corrected chi connectivity index (χ1v) is 9.67. The van der Waals surface area contributed by atoms with Gasteiger partial charge < -0.3 is 10.2 Å². The van der Waals surface area contributed by atoms with Gasteiger partial charge in [0.15, 0.2) is 0 Å². The molecule has 7 nitrogen and oxygen atoms in total. The lowest BCUT2D eigenvalue weighted by molar-refractivity contribution is -0.385. The predicted octanol–water partition coefficient (Wildman–Crippen LogP) is 3.19. The molecule has 0 radical (unpaired) electrons. The van der Waals surface area contributed by atoms with E-state index in [0.717, 1.165) is 39.1 Å². The van der Waals surface area contributed by atoms with E-state index in [1.165, 1.54) is 23.9 Å². The van der Waals surface area contributed by atoms with Crippen LogP contribution in [0.4, 0.5) is 11.4 Å². The number of amides is 1. The highest BCUT2D eigenvalue weighted by Gasteiger charge is 2.20. The summed E-state index contributed by atoms with van der Waals surface area (Å²) in [4.78, 5) is 27.5. The van der Waals surface area contributed by atoms with Crippen LogP contribution in [0.15, 0.2) is 48.5 Å². The SMILES string of the molecule is O=C(NCCCN1CCN(c2ccccc2)CC1)c1ccc(Cl)cc1[N+](=O)[O-]. The zero-order chi connectivity index (χ0) is 19.9. The third-order valence-corrected chi connectivity index (χ3v) is 5.07. The summed E-state index contributed by atoms with van der Waals surface area (Å²) < 4.78 is 0. The minimum Gasteiger partial charge on any atom is -0.369 e. The van der Waals surface area contributed by atoms with E-state index in [0.29, 0.717) is 6.54 Å². The van der Waals surface area contributed by atoms with Crippen molar-refractivity contribution < 1.29 is 9.72 Å². The number of halogens is 1. The lowest BCUT2D eigenvalue weighted by Crippen LogP contribution is -2.47. The van der Waals surface area contributed by atoms with Gasteiger partial charge in [0.05, 0.1) is 4.92 Å². The molecule has 0 atom stereocenters. The Morgan fingerprint density at radius 1 is 1.11 bits per heavy atom. The van der Waals surface area contributed by atoms with E-state index in [-0.39, 0.29) is 16.3 Å². The third kappa shape index (κ3) is 5.21. The molecule has 28 heavy (non-hydrogen) atoms. The van der Waals surface area contributed by atoms with Crippen LogP contribution >= 0.6 is 11.6 Å². The van der Waals surface area contributed by atoms with Gasteiger partial charge in [-0.15, -0.1) is 0 Å². The fourth-order valence-corrected chi connectivity index (χ4v) is 3.48. The molecule has 0 saturated carbocycles. The van der Waals surface area contributed by atoms with Crippen molar-refractivity contribution in [3.05, 3.63) is 69.2 Å². The summed E-state index contributed by atoms with van der Waals surface area (Å²) in [7, 11) is 0. The van der Waals surface area contributed by atoms with E-state index in [9.17, 15) is 14.9 Å². The van der Waals surface area contributed by atoms with Crippen LogP contribution < -0.4 is 10.2 Å². The molecular weight excluding hydrogens is 380 g/mol. The number of rotatable bonds is 7. The van der Waals surface area contributed by atoms with Crippen LogP contribution in [0.3, 0.4) is 0 Å². The number of anilines is 1. The monoisotopic (exact) mass is 402 g/mol. The average molecular weight is 403 g/mol. The van der Waals surface area contributed by atoms with Gasteiger partial charge >= 0.3 is 0 Å². The van der Waals surface area contributed by atoms with E-state index in [1.54, 1.807) is 0 Å². The van der Waals surface area contributed by atoms with Gasteiger partial charge in [-0.2, -0.15) is 0 Å². The highest BCUT2D eigenvalue weighted by atomic mass is 35.5. The number of carbonyl (C=O) groups is 1. The van der Waals surface area contributed by atoms with Crippen molar-refractivity contribution in [3.63, 3.8) is 0 Å². The molecule has 148 valence electrons. The van der Waals surface area contributed by atoms with Gasteiger partial charge in [0.2, 0.25) is 0 Å². The molecule has 3 rings (SSSR count). The number of nitro benzene ring substituents is 1. The number of benzene rings is 2. The van der Waals surface area contributed by atoms with Gasteiger partial charge in [0.1, 0.15) is 5.56 Å². The van der Waals surface area contributed by atoms with Gasteiger partial charge in [-0.1, -0.05) is 29.8 Å². The third-order valence-electron chi connectivity index (χ3n) is 4.83. The fraction of sp³-hybridized carbons (Fsp3) is 0.350. The second kappa shape index (κ2) is 9.52. The Kier molecular flexibility index (Phi) is 6.84. The number of nitro groups is 1. The Hall–Kier alpha value is -2.64. The summed E-state index contributed by atoms with van der Waals surface area (Å²) in [6.45, 7) is 5.26. The molecule has 1 fully saturated rings. The highest BCUT2D eigenvalue weighted by molar-refractivity contribution is 6.31. The van der Waals surface area contributed by atoms with Gasteiger partial charge in [0.25, 0.3) is 11.6 Å². The van der Waals surface area contributed by atoms with Crippen LogP contribution in [0, 0.1) is 10.1 Å². The number of carbonyl (C=O) groups excluding carboxylic acids is 1. The van der Waals surface area contributed by atoms with Crippen molar-refractivity contribution in [3.8, 4) is 0 Å². The maximum atomic E-state index is 12.3. The fourth-order valence-electron chi connectivity index (χ4n) is 3.32. The van der Waals surface area contributed by atoms with Gasteiger partial charge in [-0.05, 0) is 37.2 Å². The molecule has 0 bridgehead atoms. The number of piperazine rings is 1. The van der Waals surface area contributed by atoms with Gasteiger partial charge in [0, 0.05) is 49.5 Å². The molecule has 1 aliphatic rings. The normalized spacial score (nSPS) is 14.7. The summed E-state index contributed by atoms with van der Waals surface area (Å²) in [5.41, 5.74) is 1.01. The van der Waals surface area contributed by atoms with E-state index in [1.807, 2.05) is 6.07 Å². The molecule has 0 spiro atoms. The largest absolute Gasteiger partial charge is 0.369 e. The summed E-state index contributed by atoms with van der Waals surface area (Å²) in [5, 5.41) is 14.1. The smallest absolute Gasteiger partial charge is 0.283 e. The molecule has 1 aliphatic heterocycles. The van der Waals surface area contributed by atoms with Crippen LogP contribution in [0.2, 0.25) is 5.02 Å². The van der Waals surface area contributed by atoms with E-state index in [2.05, 4.69) is 39.4 Å². The second-order valence-electron chi connectivity index (χ2n) is 6.69. The topological polar surface area (TPSA) is 78.7 Å². The molecule has 2 aromatic carbocycles. The molecule has 1 heterocycles. The number of hydrogen-bond donors (Lipinski definition) is 1. The first kappa shape index (κ1) is 20.1. The number of nitrogens with one attached hydrogen (secondary N) is 1. The zero-order valence-corrected chi connectivity index (χ0v) is 16.3. The first-order chi connectivity index (χ1) is 13.5. The van der Waals surface area contributed by atoms with Crippen molar-refractivity contribution in [2.24, 2.45) is 0 Å². The minimum absolute atomic E-state index is 0.0332. The van der Waals surface area contributed by atoms with E-state index in [4.69, 9.17) is 11.6 Å². The Morgan fingerprint density at radius 3 is 2.50 bits per heavy atom. The Morgan fingerprint density at radius 2 is 1.82 bits per heavy atom. The zero-order valence-electron chi connectivity index (χ0n) is 15.5. The lowest BCUT2D eigenvalue weighted by atomic mass is 10.1.